The molecule has 0 heterocycles. The Labute approximate surface area is 146 Å². The van der Waals surface area contributed by atoms with Crippen molar-refractivity contribution in [1.29, 1.82) is 0 Å². The van der Waals surface area contributed by atoms with E-state index in [1.807, 2.05) is 61.5 Å². The van der Waals surface area contributed by atoms with Gasteiger partial charge < -0.3 is 16.4 Å². The van der Waals surface area contributed by atoms with Crippen LogP contribution in [0.3, 0.4) is 0 Å². The molecule has 0 aliphatic carbocycles. The van der Waals surface area contributed by atoms with Crippen LogP contribution in [-0.4, -0.2) is 17.7 Å². The second-order valence-electron chi connectivity index (χ2n) is 5.29. The number of carbonyl (C=O) groups excluding carboxylic acids is 2. The van der Waals surface area contributed by atoms with Crippen LogP contribution in [0.4, 0.5) is 10.5 Å². The Kier molecular flexibility index (Phi) is 6.69. The highest BCUT2D eigenvalue weighted by Gasteiger charge is 2.11. The molecule has 3 amide bonds. The highest BCUT2D eigenvalue weighted by molar-refractivity contribution is 7.99. The summed E-state index contributed by atoms with van der Waals surface area (Å²) in [5.74, 6) is 0.248. The van der Waals surface area contributed by atoms with E-state index in [1.165, 1.54) is 11.8 Å². The quantitative estimate of drug-likeness (QED) is 0.672. The molecular weight excluding hydrogens is 322 g/mol. The van der Waals surface area contributed by atoms with Gasteiger partial charge in [-0.1, -0.05) is 42.5 Å². The topological polar surface area (TPSA) is 84.2 Å². The lowest BCUT2D eigenvalue weighted by atomic mass is 10.1. The number of nitrogens with two attached hydrogens (primary N) is 1. The van der Waals surface area contributed by atoms with Crippen LogP contribution in [0.2, 0.25) is 0 Å². The Balaban J connectivity index is 1.95. The number of nitrogens with one attached hydrogen (secondary N) is 2. The summed E-state index contributed by atoms with van der Waals surface area (Å²) in [5, 5.41) is 5.78. The monoisotopic (exact) mass is 343 g/mol. The number of benzene rings is 2. The summed E-state index contributed by atoms with van der Waals surface area (Å²) in [6.45, 7) is 1.93. The van der Waals surface area contributed by atoms with Crippen LogP contribution >= 0.6 is 11.8 Å². The minimum absolute atomic E-state index is 0.0964. The van der Waals surface area contributed by atoms with Gasteiger partial charge >= 0.3 is 6.03 Å². The molecular formula is C18H21N3O2S. The number of rotatable bonds is 7. The molecule has 6 heteroatoms. The Bertz CT molecular complexity index is 692. The molecule has 0 aliphatic rings. The van der Waals surface area contributed by atoms with Crippen molar-refractivity contribution >= 4 is 29.4 Å². The molecule has 4 N–H and O–H groups in total. The van der Waals surface area contributed by atoms with Gasteiger partial charge in [-0.3, -0.25) is 4.79 Å². The molecule has 0 spiro atoms. The first-order valence-corrected chi connectivity index (χ1v) is 8.67. The number of amides is 3. The van der Waals surface area contributed by atoms with Crippen molar-refractivity contribution in [3.05, 3.63) is 60.2 Å². The maximum atomic E-state index is 12.2. The van der Waals surface area contributed by atoms with Gasteiger partial charge in [0, 0.05) is 17.1 Å². The standard InChI is InChI=1S/C18H21N3O2S/c1-13(14-7-3-2-4-8-14)20-18(23)21-15-9-5-6-10-16(15)24-12-11-17(19)22/h2-10,13H,11-12H2,1H3,(H2,19,22)(H2,20,21,23)/t13-/m0/s1. The molecule has 0 radical (unpaired) electrons. The molecule has 24 heavy (non-hydrogen) atoms. The lowest BCUT2D eigenvalue weighted by molar-refractivity contribution is -0.117. The fraction of sp³-hybridized carbons (Fsp3) is 0.222. The van der Waals surface area contributed by atoms with Gasteiger partial charge in [0.05, 0.1) is 11.7 Å². The maximum absolute atomic E-state index is 12.2. The zero-order valence-electron chi connectivity index (χ0n) is 13.5. The van der Waals surface area contributed by atoms with Gasteiger partial charge in [0.2, 0.25) is 5.91 Å². The van der Waals surface area contributed by atoms with Crippen LogP contribution < -0.4 is 16.4 Å². The third kappa shape index (κ3) is 5.62. The van der Waals surface area contributed by atoms with E-state index in [-0.39, 0.29) is 18.0 Å². The first-order chi connectivity index (χ1) is 11.6. The Morgan fingerprint density at radius 2 is 1.75 bits per heavy atom. The largest absolute Gasteiger partial charge is 0.370 e. The van der Waals surface area contributed by atoms with E-state index in [0.29, 0.717) is 17.9 Å². The van der Waals surface area contributed by atoms with Gasteiger partial charge in [-0.05, 0) is 24.6 Å². The van der Waals surface area contributed by atoms with Crippen LogP contribution in [0.1, 0.15) is 24.9 Å². The van der Waals surface area contributed by atoms with Gasteiger partial charge in [-0.25, -0.2) is 4.79 Å². The van der Waals surface area contributed by atoms with Crippen LogP contribution in [-0.2, 0) is 4.79 Å². The van der Waals surface area contributed by atoms with Crippen molar-refractivity contribution in [1.82, 2.24) is 5.32 Å². The third-order valence-electron chi connectivity index (χ3n) is 3.39. The molecule has 0 bridgehead atoms. The molecule has 0 saturated heterocycles. The van der Waals surface area contributed by atoms with E-state index >= 15 is 0 Å². The van der Waals surface area contributed by atoms with Gasteiger partial charge in [-0.2, -0.15) is 0 Å². The van der Waals surface area contributed by atoms with Gasteiger partial charge in [0.1, 0.15) is 0 Å². The van der Waals surface area contributed by atoms with Crippen molar-refractivity contribution in [2.75, 3.05) is 11.1 Å². The number of hydrogen-bond donors (Lipinski definition) is 3. The predicted molar refractivity (Wildman–Crippen MR) is 98.0 cm³/mol. The van der Waals surface area contributed by atoms with Crippen LogP contribution in [0.25, 0.3) is 0 Å². The molecule has 2 aromatic carbocycles. The molecule has 0 aromatic heterocycles. The van der Waals surface area contributed by atoms with Gasteiger partial charge in [0.15, 0.2) is 0 Å². The summed E-state index contributed by atoms with van der Waals surface area (Å²) >= 11 is 1.49. The number of primary amides is 1. The van der Waals surface area contributed by atoms with E-state index < -0.39 is 0 Å². The number of thioether (sulfide) groups is 1. The van der Waals surface area contributed by atoms with Crippen molar-refractivity contribution < 1.29 is 9.59 Å². The smallest absolute Gasteiger partial charge is 0.319 e. The van der Waals surface area contributed by atoms with Gasteiger partial charge in [-0.15, -0.1) is 11.8 Å². The van der Waals surface area contributed by atoms with E-state index in [1.54, 1.807) is 0 Å². The minimum Gasteiger partial charge on any atom is -0.370 e. The summed E-state index contributed by atoms with van der Waals surface area (Å²) in [6, 6.07) is 16.9. The first-order valence-electron chi connectivity index (χ1n) is 7.69. The van der Waals surface area contributed by atoms with E-state index in [2.05, 4.69) is 10.6 Å². The van der Waals surface area contributed by atoms with E-state index in [4.69, 9.17) is 5.73 Å². The zero-order valence-corrected chi connectivity index (χ0v) is 14.3. The summed E-state index contributed by atoms with van der Waals surface area (Å²) in [7, 11) is 0. The average molecular weight is 343 g/mol. The summed E-state index contributed by atoms with van der Waals surface area (Å²) < 4.78 is 0. The average Bonchev–Trinajstić information content (AvgIpc) is 2.57. The van der Waals surface area contributed by atoms with Crippen molar-refractivity contribution in [3.63, 3.8) is 0 Å². The summed E-state index contributed by atoms with van der Waals surface area (Å²) in [4.78, 5) is 24.0. The second-order valence-corrected chi connectivity index (χ2v) is 6.43. The highest BCUT2D eigenvalue weighted by Crippen LogP contribution is 2.27. The Morgan fingerprint density at radius 1 is 1.08 bits per heavy atom. The molecule has 0 aliphatic heterocycles. The van der Waals surface area contributed by atoms with Crippen LogP contribution in [0, 0.1) is 0 Å². The lowest BCUT2D eigenvalue weighted by Gasteiger charge is -2.16. The summed E-state index contributed by atoms with van der Waals surface area (Å²) in [5.41, 5.74) is 6.90. The Hall–Kier alpha value is -2.47. The molecule has 1 atom stereocenters. The molecule has 2 rings (SSSR count). The normalized spacial score (nSPS) is 11.5. The number of hydrogen-bond acceptors (Lipinski definition) is 3. The van der Waals surface area contributed by atoms with Crippen molar-refractivity contribution in [2.45, 2.75) is 24.3 Å². The molecule has 126 valence electrons. The number of urea groups is 1. The summed E-state index contributed by atoms with van der Waals surface area (Å²) in [6.07, 6.45) is 0.302. The van der Waals surface area contributed by atoms with Crippen molar-refractivity contribution in [3.8, 4) is 0 Å². The molecule has 2 aromatic rings. The number of para-hydroxylation sites is 1. The SMILES string of the molecule is C[C@H](NC(=O)Nc1ccccc1SCCC(N)=O)c1ccccc1. The van der Waals surface area contributed by atoms with Crippen LogP contribution in [0.15, 0.2) is 59.5 Å². The van der Waals surface area contributed by atoms with E-state index in [0.717, 1.165) is 10.5 Å². The van der Waals surface area contributed by atoms with E-state index in [9.17, 15) is 9.59 Å². The molecule has 5 nitrogen and oxygen atoms in total. The second kappa shape index (κ2) is 8.98. The van der Waals surface area contributed by atoms with Crippen LogP contribution in [0.5, 0.6) is 0 Å². The molecule has 0 fully saturated rings. The zero-order chi connectivity index (χ0) is 17.4. The number of anilines is 1. The molecule has 0 unspecified atom stereocenters. The minimum atomic E-state index is -0.331. The maximum Gasteiger partial charge on any atom is 0.319 e. The predicted octanol–water partition coefficient (Wildman–Crippen LogP) is 3.54. The third-order valence-corrected chi connectivity index (χ3v) is 4.46. The fourth-order valence-corrected chi connectivity index (χ4v) is 3.11. The fourth-order valence-electron chi connectivity index (χ4n) is 2.14. The molecule has 0 saturated carbocycles. The highest BCUT2D eigenvalue weighted by atomic mass is 32.2. The lowest BCUT2D eigenvalue weighted by Crippen LogP contribution is -2.31. The van der Waals surface area contributed by atoms with Crippen molar-refractivity contribution in [2.24, 2.45) is 5.73 Å². The Morgan fingerprint density at radius 3 is 2.46 bits per heavy atom. The first kappa shape index (κ1) is 17.9. The van der Waals surface area contributed by atoms with Gasteiger partial charge in [0.25, 0.3) is 0 Å². The number of carbonyl (C=O) groups is 2.